The standard InChI is InChI=1S/C17H15ClF4N2O2/c1-9(2)26-8-16(17(20,21)22)12-6-11(19)3-4-14(12)23-15-13(16)5-10(18)7-24(15)25/h3-7,9,25H,8H2,1-2H3/t16-/m1/s1. The molecular weight excluding hydrogens is 376 g/mol. The number of hydrogen-bond acceptors (Lipinski definition) is 4. The van der Waals surface area contributed by atoms with E-state index in [9.17, 15) is 22.8 Å². The Morgan fingerprint density at radius 2 is 2.04 bits per heavy atom. The largest absolute Gasteiger partial charge is 0.404 e. The summed E-state index contributed by atoms with van der Waals surface area (Å²) in [7, 11) is 0. The lowest BCUT2D eigenvalue weighted by Crippen LogP contribution is -2.54. The smallest absolute Gasteiger partial charge is 0.377 e. The van der Waals surface area contributed by atoms with Crippen LogP contribution >= 0.6 is 11.6 Å². The summed E-state index contributed by atoms with van der Waals surface area (Å²) in [6.45, 7) is 2.37. The number of fused-ring (bicyclic) bond motifs is 2. The molecule has 0 spiro atoms. The van der Waals surface area contributed by atoms with Crippen LogP contribution < -0.4 is 0 Å². The van der Waals surface area contributed by atoms with E-state index >= 15 is 0 Å². The van der Waals surface area contributed by atoms with Crippen LogP contribution in [0, 0.1) is 5.82 Å². The van der Waals surface area contributed by atoms with Crippen molar-refractivity contribution in [2.24, 2.45) is 4.99 Å². The molecule has 9 heteroatoms. The van der Waals surface area contributed by atoms with Gasteiger partial charge in [0.15, 0.2) is 5.84 Å². The van der Waals surface area contributed by atoms with Gasteiger partial charge in [0.25, 0.3) is 0 Å². The first-order valence-corrected chi connectivity index (χ1v) is 8.09. The molecule has 0 unspecified atom stereocenters. The molecule has 3 rings (SSSR count). The second-order valence-corrected chi connectivity index (χ2v) is 6.71. The summed E-state index contributed by atoms with van der Waals surface area (Å²) in [5, 5.41) is 10.4. The minimum Gasteiger partial charge on any atom is -0.377 e. The number of amidine groups is 1. The van der Waals surface area contributed by atoms with Gasteiger partial charge in [-0.15, -0.1) is 0 Å². The Morgan fingerprint density at radius 1 is 1.35 bits per heavy atom. The van der Waals surface area contributed by atoms with Gasteiger partial charge in [0.2, 0.25) is 0 Å². The van der Waals surface area contributed by atoms with Gasteiger partial charge in [0, 0.05) is 11.1 Å². The van der Waals surface area contributed by atoms with Gasteiger partial charge in [-0.05, 0) is 38.1 Å². The SMILES string of the molecule is CC(C)OC[C@]1(C(F)(F)F)C2=CC(Cl)=CN(O)C2=Nc2ccc(F)cc21. The van der Waals surface area contributed by atoms with Gasteiger partial charge in [0.1, 0.15) is 11.2 Å². The molecule has 1 aromatic carbocycles. The lowest BCUT2D eigenvalue weighted by Gasteiger charge is -2.43. The first-order chi connectivity index (χ1) is 12.1. The third-order valence-electron chi connectivity index (χ3n) is 4.21. The Bertz CT molecular complexity index is 833. The van der Waals surface area contributed by atoms with Crippen LogP contribution in [0.5, 0.6) is 0 Å². The highest BCUT2D eigenvalue weighted by atomic mass is 35.5. The Labute approximate surface area is 152 Å². The topological polar surface area (TPSA) is 45.1 Å². The van der Waals surface area contributed by atoms with Crippen molar-refractivity contribution < 1.29 is 27.5 Å². The molecule has 2 heterocycles. The summed E-state index contributed by atoms with van der Waals surface area (Å²) in [6, 6.07) is 2.94. The number of hydroxylamine groups is 2. The van der Waals surface area contributed by atoms with Crippen LogP contribution in [0.3, 0.4) is 0 Å². The molecule has 0 radical (unpaired) electrons. The van der Waals surface area contributed by atoms with Crippen LogP contribution in [0.25, 0.3) is 0 Å². The van der Waals surface area contributed by atoms with Gasteiger partial charge in [0.05, 0.1) is 29.6 Å². The fraction of sp³-hybridized carbons (Fsp3) is 0.353. The monoisotopic (exact) mass is 390 g/mol. The molecule has 2 aliphatic rings. The van der Waals surface area contributed by atoms with Crippen LogP contribution in [0.15, 0.2) is 46.1 Å². The molecule has 0 aliphatic carbocycles. The summed E-state index contributed by atoms with van der Waals surface area (Å²) in [6.07, 6.45) is -3.28. The summed E-state index contributed by atoms with van der Waals surface area (Å²) < 4.78 is 62.4. The van der Waals surface area contributed by atoms with E-state index in [2.05, 4.69) is 4.99 Å². The first kappa shape index (κ1) is 18.9. The molecule has 0 saturated carbocycles. The molecule has 0 bridgehead atoms. The highest BCUT2D eigenvalue weighted by molar-refractivity contribution is 6.32. The molecule has 0 aromatic heterocycles. The normalized spacial score (nSPS) is 22.5. The number of alkyl halides is 3. The predicted molar refractivity (Wildman–Crippen MR) is 88.0 cm³/mol. The number of benzene rings is 1. The van der Waals surface area contributed by atoms with E-state index in [0.29, 0.717) is 5.06 Å². The number of halogens is 5. The maximum absolute atomic E-state index is 14.4. The summed E-state index contributed by atoms with van der Waals surface area (Å²) in [4.78, 5) is 4.06. The third kappa shape index (κ3) is 2.91. The molecular formula is C17H15ClF4N2O2. The summed E-state index contributed by atoms with van der Waals surface area (Å²) >= 11 is 5.88. The second kappa shape index (κ2) is 6.37. The van der Waals surface area contributed by atoms with Crippen LogP contribution in [-0.2, 0) is 10.2 Å². The molecule has 140 valence electrons. The van der Waals surface area contributed by atoms with E-state index in [4.69, 9.17) is 16.3 Å². The number of rotatable bonds is 3. The maximum atomic E-state index is 14.4. The fourth-order valence-electron chi connectivity index (χ4n) is 3.01. The average molecular weight is 391 g/mol. The van der Waals surface area contributed by atoms with E-state index in [-0.39, 0.29) is 22.1 Å². The van der Waals surface area contributed by atoms with Crippen LogP contribution in [0.2, 0.25) is 0 Å². The van der Waals surface area contributed by atoms with E-state index in [0.717, 1.165) is 30.5 Å². The van der Waals surface area contributed by atoms with Crippen molar-refractivity contribution in [3.63, 3.8) is 0 Å². The van der Waals surface area contributed by atoms with Crippen molar-refractivity contribution in [3.8, 4) is 0 Å². The van der Waals surface area contributed by atoms with Gasteiger partial charge in [-0.1, -0.05) is 11.6 Å². The van der Waals surface area contributed by atoms with Crippen molar-refractivity contribution >= 4 is 23.1 Å². The Balaban J connectivity index is 2.35. The second-order valence-electron chi connectivity index (χ2n) is 6.28. The van der Waals surface area contributed by atoms with E-state index in [1.165, 1.54) is 0 Å². The number of ether oxygens (including phenoxy) is 1. The van der Waals surface area contributed by atoms with Gasteiger partial charge in [-0.3, -0.25) is 5.21 Å². The zero-order valence-electron chi connectivity index (χ0n) is 13.8. The number of aliphatic imine (C=N–C) groups is 1. The van der Waals surface area contributed by atoms with E-state index in [1.54, 1.807) is 13.8 Å². The molecule has 0 saturated heterocycles. The van der Waals surface area contributed by atoms with Gasteiger partial charge >= 0.3 is 6.18 Å². The zero-order valence-corrected chi connectivity index (χ0v) is 14.6. The molecule has 1 aromatic rings. The first-order valence-electron chi connectivity index (χ1n) is 7.71. The molecule has 2 aliphatic heterocycles. The molecule has 1 atom stereocenters. The van der Waals surface area contributed by atoms with Crippen molar-refractivity contribution in [1.82, 2.24) is 5.06 Å². The molecule has 26 heavy (non-hydrogen) atoms. The highest BCUT2D eigenvalue weighted by Crippen LogP contribution is 2.54. The Kier molecular flexibility index (Phi) is 4.62. The number of nitrogens with zero attached hydrogens (tertiary/aromatic N) is 2. The lowest BCUT2D eigenvalue weighted by molar-refractivity contribution is -0.195. The van der Waals surface area contributed by atoms with Gasteiger partial charge in [-0.25, -0.2) is 14.4 Å². The maximum Gasteiger partial charge on any atom is 0.404 e. The molecule has 4 nitrogen and oxygen atoms in total. The summed E-state index contributed by atoms with van der Waals surface area (Å²) in [5.74, 6) is -1.17. The predicted octanol–water partition coefficient (Wildman–Crippen LogP) is 4.81. The lowest BCUT2D eigenvalue weighted by atomic mass is 9.70. The highest BCUT2D eigenvalue weighted by Gasteiger charge is 2.62. The minimum atomic E-state index is -4.87. The van der Waals surface area contributed by atoms with Crippen LogP contribution in [0.1, 0.15) is 19.4 Å². The van der Waals surface area contributed by atoms with Crippen molar-refractivity contribution in [3.05, 3.63) is 52.5 Å². The van der Waals surface area contributed by atoms with Crippen LogP contribution in [-0.4, -0.2) is 35.0 Å². The van der Waals surface area contributed by atoms with Gasteiger partial charge in [-0.2, -0.15) is 13.2 Å². The minimum absolute atomic E-state index is 0.103. The van der Waals surface area contributed by atoms with Gasteiger partial charge < -0.3 is 4.74 Å². The quantitative estimate of drug-likeness (QED) is 0.754. The average Bonchev–Trinajstić information content (AvgIpc) is 2.51. The molecule has 0 fully saturated rings. The number of hydrogen-bond donors (Lipinski definition) is 1. The number of allylic oxidation sites excluding steroid dienone is 2. The van der Waals surface area contributed by atoms with Crippen molar-refractivity contribution in [2.45, 2.75) is 31.5 Å². The van der Waals surface area contributed by atoms with E-state index < -0.39 is 35.7 Å². The van der Waals surface area contributed by atoms with Crippen molar-refractivity contribution in [1.29, 1.82) is 0 Å². The Morgan fingerprint density at radius 3 is 2.65 bits per heavy atom. The molecule has 1 N–H and O–H groups in total. The fourth-order valence-corrected chi connectivity index (χ4v) is 3.21. The van der Waals surface area contributed by atoms with Crippen LogP contribution in [0.4, 0.5) is 23.2 Å². The van der Waals surface area contributed by atoms with Crippen molar-refractivity contribution in [2.75, 3.05) is 6.61 Å². The molecule has 0 amide bonds. The summed E-state index contributed by atoms with van der Waals surface area (Å²) in [5.41, 5.74) is -3.63. The third-order valence-corrected chi connectivity index (χ3v) is 4.41. The zero-order chi connectivity index (χ0) is 19.3. The van der Waals surface area contributed by atoms with E-state index in [1.807, 2.05) is 0 Å². The Hall–Kier alpha value is -1.90.